The predicted octanol–water partition coefficient (Wildman–Crippen LogP) is 2.50. The van der Waals surface area contributed by atoms with Crippen molar-refractivity contribution in [2.75, 3.05) is 0 Å². The van der Waals surface area contributed by atoms with E-state index in [-0.39, 0.29) is 6.10 Å². The maximum Gasteiger partial charge on any atom is 0.0605 e. The second-order valence-corrected chi connectivity index (χ2v) is 3.57. The van der Waals surface area contributed by atoms with Gasteiger partial charge in [0.25, 0.3) is 0 Å². The highest BCUT2D eigenvalue weighted by molar-refractivity contribution is 4.96. The number of rotatable bonds is 4. The average Bonchev–Trinajstić information content (AvgIpc) is 1.83. The molecule has 1 aliphatic rings. The van der Waals surface area contributed by atoms with Crippen LogP contribution in [-0.2, 0) is 0 Å². The molecule has 1 aliphatic carbocycles. The molecule has 0 bridgehead atoms. The van der Waals surface area contributed by atoms with Crippen molar-refractivity contribution < 1.29 is 5.11 Å². The van der Waals surface area contributed by atoms with Crippen molar-refractivity contribution in [2.24, 2.45) is 5.92 Å². The van der Waals surface area contributed by atoms with Gasteiger partial charge in [-0.1, -0.05) is 25.5 Å². The molecule has 0 aromatic rings. The summed E-state index contributed by atoms with van der Waals surface area (Å²) in [5, 5.41) is 9.61. The van der Waals surface area contributed by atoms with Gasteiger partial charge in [-0.2, -0.15) is 0 Å². The van der Waals surface area contributed by atoms with Gasteiger partial charge in [0.05, 0.1) is 6.10 Å². The second-order valence-electron chi connectivity index (χ2n) is 3.57. The Bertz CT molecular complexity index is 136. The molecule has 1 fully saturated rings. The molecule has 1 saturated carbocycles. The van der Waals surface area contributed by atoms with Crippen molar-refractivity contribution in [1.82, 2.24) is 0 Å². The minimum atomic E-state index is -0.101. The fourth-order valence-electron chi connectivity index (χ4n) is 1.43. The number of aliphatic hydroxyl groups is 1. The van der Waals surface area contributed by atoms with E-state index in [0.29, 0.717) is 5.92 Å². The zero-order valence-electron chi connectivity index (χ0n) is 7.34. The molecular weight excluding hydrogens is 136 g/mol. The van der Waals surface area contributed by atoms with E-state index in [4.69, 9.17) is 0 Å². The third-order valence-corrected chi connectivity index (χ3v) is 2.69. The van der Waals surface area contributed by atoms with Gasteiger partial charge in [-0.25, -0.2) is 0 Å². The lowest BCUT2D eigenvalue weighted by molar-refractivity contribution is 0.0626. The van der Waals surface area contributed by atoms with Crippen molar-refractivity contribution in [3.63, 3.8) is 0 Å². The molecule has 0 aromatic carbocycles. The molecular formula is C10H18O. The number of hydrogen-bond donors (Lipinski definition) is 1. The quantitative estimate of drug-likeness (QED) is 0.617. The van der Waals surface area contributed by atoms with Gasteiger partial charge in [-0.05, 0) is 31.6 Å². The van der Waals surface area contributed by atoms with Crippen LogP contribution >= 0.6 is 0 Å². The van der Waals surface area contributed by atoms with Crippen molar-refractivity contribution >= 4 is 0 Å². The van der Waals surface area contributed by atoms with E-state index < -0.39 is 0 Å². The molecule has 64 valence electrons. The molecule has 1 rings (SSSR count). The summed E-state index contributed by atoms with van der Waals surface area (Å²) in [6, 6.07) is 0. The van der Waals surface area contributed by atoms with Crippen LogP contribution in [0.15, 0.2) is 12.2 Å². The summed E-state index contributed by atoms with van der Waals surface area (Å²) in [5.74, 6) is 0.582. The van der Waals surface area contributed by atoms with Crippen LogP contribution in [0.1, 0.15) is 39.0 Å². The van der Waals surface area contributed by atoms with E-state index in [1.54, 1.807) is 0 Å². The Kier molecular flexibility index (Phi) is 3.13. The maximum absolute atomic E-state index is 9.61. The van der Waals surface area contributed by atoms with Gasteiger partial charge in [0.1, 0.15) is 0 Å². The van der Waals surface area contributed by atoms with Gasteiger partial charge in [-0.15, -0.1) is 0 Å². The lowest BCUT2D eigenvalue weighted by Gasteiger charge is -2.30. The minimum Gasteiger partial charge on any atom is -0.393 e. The maximum atomic E-state index is 9.61. The van der Waals surface area contributed by atoms with E-state index >= 15 is 0 Å². The lowest BCUT2D eigenvalue weighted by Crippen LogP contribution is -2.26. The molecule has 0 heterocycles. The van der Waals surface area contributed by atoms with Gasteiger partial charge in [0, 0.05) is 0 Å². The van der Waals surface area contributed by atoms with E-state index in [9.17, 15) is 5.11 Å². The molecule has 1 heteroatoms. The Labute approximate surface area is 69.1 Å². The molecule has 0 radical (unpaired) electrons. The lowest BCUT2D eigenvalue weighted by atomic mass is 9.79. The zero-order chi connectivity index (χ0) is 8.27. The fraction of sp³-hybridized carbons (Fsp3) is 0.800. The number of hydrogen-bond acceptors (Lipinski definition) is 1. The van der Waals surface area contributed by atoms with Gasteiger partial charge >= 0.3 is 0 Å². The summed E-state index contributed by atoms with van der Waals surface area (Å²) in [5.41, 5.74) is 1.18. The molecule has 0 aromatic heterocycles. The van der Waals surface area contributed by atoms with Gasteiger partial charge in [0.15, 0.2) is 0 Å². The summed E-state index contributed by atoms with van der Waals surface area (Å²) in [6.45, 7) is 5.99. The summed E-state index contributed by atoms with van der Waals surface area (Å²) < 4.78 is 0. The highest BCUT2D eigenvalue weighted by Crippen LogP contribution is 2.32. The molecule has 0 amide bonds. The summed E-state index contributed by atoms with van der Waals surface area (Å²) in [6.07, 6.45) is 5.47. The van der Waals surface area contributed by atoms with Crippen LogP contribution in [-0.4, -0.2) is 11.2 Å². The normalized spacial score (nSPS) is 20.9. The third kappa shape index (κ3) is 2.33. The topological polar surface area (TPSA) is 20.2 Å². The van der Waals surface area contributed by atoms with Crippen LogP contribution < -0.4 is 0 Å². The van der Waals surface area contributed by atoms with Crippen LogP contribution in [0.5, 0.6) is 0 Å². The zero-order valence-corrected chi connectivity index (χ0v) is 7.34. The molecule has 0 aliphatic heterocycles. The van der Waals surface area contributed by atoms with E-state index in [1.807, 2.05) is 0 Å². The molecule has 1 N–H and O–H groups in total. The summed E-state index contributed by atoms with van der Waals surface area (Å²) >= 11 is 0. The summed E-state index contributed by atoms with van der Waals surface area (Å²) in [4.78, 5) is 0. The SMILES string of the molecule is C=C(CC)CC(O)C1CCC1. The van der Waals surface area contributed by atoms with Crippen LogP contribution in [0.3, 0.4) is 0 Å². The number of aliphatic hydroxyl groups excluding tert-OH is 1. The summed E-state index contributed by atoms with van der Waals surface area (Å²) in [7, 11) is 0. The minimum absolute atomic E-state index is 0.101. The second kappa shape index (κ2) is 3.91. The van der Waals surface area contributed by atoms with Gasteiger partial charge < -0.3 is 5.11 Å². The highest BCUT2D eigenvalue weighted by Gasteiger charge is 2.25. The molecule has 1 atom stereocenters. The van der Waals surface area contributed by atoms with Crippen LogP contribution in [0.25, 0.3) is 0 Å². The molecule has 0 spiro atoms. The van der Waals surface area contributed by atoms with E-state index in [0.717, 1.165) is 12.8 Å². The Balaban J connectivity index is 2.19. The fourth-order valence-corrected chi connectivity index (χ4v) is 1.43. The first-order chi connectivity index (χ1) is 5.24. The first-order valence-corrected chi connectivity index (χ1v) is 4.58. The van der Waals surface area contributed by atoms with Crippen LogP contribution in [0, 0.1) is 5.92 Å². The van der Waals surface area contributed by atoms with Gasteiger partial charge in [-0.3, -0.25) is 0 Å². The molecule has 1 unspecified atom stereocenters. The largest absolute Gasteiger partial charge is 0.393 e. The first kappa shape index (κ1) is 8.79. The Morgan fingerprint density at radius 3 is 2.64 bits per heavy atom. The smallest absolute Gasteiger partial charge is 0.0605 e. The van der Waals surface area contributed by atoms with E-state index in [1.165, 1.54) is 24.8 Å². The van der Waals surface area contributed by atoms with Crippen LogP contribution in [0.2, 0.25) is 0 Å². The van der Waals surface area contributed by atoms with Crippen molar-refractivity contribution in [2.45, 2.75) is 45.1 Å². The third-order valence-electron chi connectivity index (χ3n) is 2.69. The molecule has 1 nitrogen and oxygen atoms in total. The van der Waals surface area contributed by atoms with Gasteiger partial charge in [0.2, 0.25) is 0 Å². The standard InChI is InChI=1S/C10H18O/c1-3-8(2)7-10(11)9-5-4-6-9/h9-11H,2-7H2,1H3. The Morgan fingerprint density at radius 2 is 2.27 bits per heavy atom. The highest BCUT2D eigenvalue weighted by atomic mass is 16.3. The predicted molar refractivity (Wildman–Crippen MR) is 47.4 cm³/mol. The molecule has 0 saturated heterocycles. The average molecular weight is 154 g/mol. The Hall–Kier alpha value is -0.300. The van der Waals surface area contributed by atoms with Crippen molar-refractivity contribution in [3.05, 3.63) is 12.2 Å². The Morgan fingerprint density at radius 1 is 1.64 bits per heavy atom. The van der Waals surface area contributed by atoms with E-state index in [2.05, 4.69) is 13.5 Å². The van der Waals surface area contributed by atoms with Crippen molar-refractivity contribution in [3.8, 4) is 0 Å². The van der Waals surface area contributed by atoms with Crippen molar-refractivity contribution in [1.29, 1.82) is 0 Å². The first-order valence-electron chi connectivity index (χ1n) is 4.58. The van der Waals surface area contributed by atoms with Crippen LogP contribution in [0.4, 0.5) is 0 Å². The molecule has 11 heavy (non-hydrogen) atoms. The monoisotopic (exact) mass is 154 g/mol.